The van der Waals surface area contributed by atoms with E-state index in [2.05, 4.69) is 6.58 Å². The van der Waals surface area contributed by atoms with Gasteiger partial charge in [-0.15, -0.1) is 0 Å². The topological polar surface area (TPSA) is 35.5 Å². The highest BCUT2D eigenvalue weighted by Crippen LogP contribution is 2.13. The molecule has 2 aromatic rings. The molecule has 0 aliphatic carbocycles. The standard InChI is InChI=1S/C18H18O3/c1-2-12-20-17-10-8-15(9-11-17)13-18(19)21-14-16-6-4-3-5-7-16/h2-11H,1,12-14H2. The smallest absolute Gasteiger partial charge is 0.310 e. The first-order chi connectivity index (χ1) is 10.3. The zero-order valence-corrected chi connectivity index (χ0v) is 11.8. The molecule has 0 heterocycles. The second kappa shape index (κ2) is 7.90. The summed E-state index contributed by atoms with van der Waals surface area (Å²) in [6, 6.07) is 17.0. The van der Waals surface area contributed by atoms with Gasteiger partial charge in [-0.1, -0.05) is 55.1 Å². The van der Waals surface area contributed by atoms with Gasteiger partial charge in [0.1, 0.15) is 19.0 Å². The van der Waals surface area contributed by atoms with Crippen LogP contribution in [0.5, 0.6) is 5.75 Å². The minimum atomic E-state index is -0.237. The zero-order valence-electron chi connectivity index (χ0n) is 11.8. The van der Waals surface area contributed by atoms with Crippen LogP contribution in [0.4, 0.5) is 0 Å². The Morgan fingerprint density at radius 3 is 2.38 bits per heavy atom. The molecule has 108 valence electrons. The lowest BCUT2D eigenvalue weighted by Gasteiger charge is -2.06. The number of hydrogen-bond donors (Lipinski definition) is 0. The second-order valence-electron chi connectivity index (χ2n) is 4.57. The van der Waals surface area contributed by atoms with Crippen molar-refractivity contribution in [1.82, 2.24) is 0 Å². The first-order valence-electron chi connectivity index (χ1n) is 6.80. The van der Waals surface area contributed by atoms with Gasteiger partial charge < -0.3 is 9.47 Å². The molecule has 0 spiro atoms. The fraction of sp³-hybridized carbons (Fsp3) is 0.167. The fourth-order valence-corrected chi connectivity index (χ4v) is 1.81. The highest BCUT2D eigenvalue weighted by atomic mass is 16.5. The van der Waals surface area contributed by atoms with E-state index in [1.165, 1.54) is 0 Å². The van der Waals surface area contributed by atoms with Crippen LogP contribution in [0, 0.1) is 0 Å². The summed E-state index contributed by atoms with van der Waals surface area (Å²) in [4.78, 5) is 11.8. The van der Waals surface area contributed by atoms with Crippen molar-refractivity contribution in [3.8, 4) is 5.75 Å². The van der Waals surface area contributed by atoms with Gasteiger partial charge in [-0.05, 0) is 23.3 Å². The summed E-state index contributed by atoms with van der Waals surface area (Å²) in [6.45, 7) is 4.37. The van der Waals surface area contributed by atoms with Crippen LogP contribution < -0.4 is 4.74 Å². The van der Waals surface area contributed by atoms with E-state index in [9.17, 15) is 4.79 Å². The van der Waals surface area contributed by atoms with E-state index < -0.39 is 0 Å². The molecule has 0 unspecified atom stereocenters. The molecule has 3 heteroatoms. The van der Waals surface area contributed by atoms with Gasteiger partial charge in [0.2, 0.25) is 0 Å². The monoisotopic (exact) mass is 282 g/mol. The maximum absolute atomic E-state index is 11.8. The van der Waals surface area contributed by atoms with Gasteiger partial charge in [0.05, 0.1) is 6.42 Å². The maximum Gasteiger partial charge on any atom is 0.310 e. The Balaban J connectivity index is 1.80. The highest BCUT2D eigenvalue weighted by molar-refractivity contribution is 5.72. The molecule has 0 aromatic heterocycles. The Morgan fingerprint density at radius 1 is 1.00 bits per heavy atom. The number of carbonyl (C=O) groups excluding carboxylic acids is 1. The minimum absolute atomic E-state index is 0.237. The van der Waals surface area contributed by atoms with Gasteiger partial charge in [-0.2, -0.15) is 0 Å². The van der Waals surface area contributed by atoms with Crippen LogP contribution in [-0.2, 0) is 22.6 Å². The summed E-state index contributed by atoms with van der Waals surface area (Å²) in [5.41, 5.74) is 1.89. The van der Waals surface area contributed by atoms with Crippen molar-refractivity contribution in [2.45, 2.75) is 13.0 Å². The number of carbonyl (C=O) groups is 1. The predicted octanol–water partition coefficient (Wildman–Crippen LogP) is 3.54. The third kappa shape index (κ3) is 5.15. The van der Waals surface area contributed by atoms with Crippen molar-refractivity contribution in [3.63, 3.8) is 0 Å². The Bertz CT molecular complexity index is 573. The molecular formula is C18H18O3. The van der Waals surface area contributed by atoms with Crippen molar-refractivity contribution < 1.29 is 14.3 Å². The van der Waals surface area contributed by atoms with Gasteiger partial charge >= 0.3 is 5.97 Å². The van der Waals surface area contributed by atoms with E-state index in [-0.39, 0.29) is 12.4 Å². The number of rotatable bonds is 7. The molecule has 21 heavy (non-hydrogen) atoms. The Morgan fingerprint density at radius 2 is 1.71 bits per heavy atom. The van der Waals surface area contributed by atoms with Crippen molar-refractivity contribution in [1.29, 1.82) is 0 Å². The third-order valence-corrected chi connectivity index (χ3v) is 2.88. The first-order valence-corrected chi connectivity index (χ1v) is 6.80. The van der Waals surface area contributed by atoms with Crippen LogP contribution in [-0.4, -0.2) is 12.6 Å². The average Bonchev–Trinajstić information content (AvgIpc) is 2.53. The van der Waals surface area contributed by atoms with Crippen LogP contribution in [0.2, 0.25) is 0 Å². The van der Waals surface area contributed by atoms with Crippen LogP contribution in [0.25, 0.3) is 0 Å². The highest BCUT2D eigenvalue weighted by Gasteiger charge is 2.05. The van der Waals surface area contributed by atoms with Crippen LogP contribution in [0.3, 0.4) is 0 Å². The van der Waals surface area contributed by atoms with Crippen molar-refractivity contribution in [3.05, 3.63) is 78.4 Å². The van der Waals surface area contributed by atoms with E-state index in [4.69, 9.17) is 9.47 Å². The molecule has 0 amide bonds. The molecule has 0 radical (unpaired) electrons. The van der Waals surface area contributed by atoms with Gasteiger partial charge in [0, 0.05) is 0 Å². The molecule has 3 nitrogen and oxygen atoms in total. The number of benzene rings is 2. The largest absolute Gasteiger partial charge is 0.490 e. The van der Waals surface area contributed by atoms with Gasteiger partial charge in [-0.3, -0.25) is 4.79 Å². The van der Waals surface area contributed by atoms with E-state index in [1.54, 1.807) is 6.08 Å². The normalized spacial score (nSPS) is 9.90. The summed E-state index contributed by atoms with van der Waals surface area (Å²) < 4.78 is 10.6. The average molecular weight is 282 g/mol. The van der Waals surface area contributed by atoms with Gasteiger partial charge in [0.15, 0.2) is 0 Å². The van der Waals surface area contributed by atoms with Gasteiger partial charge in [0.25, 0.3) is 0 Å². The molecule has 0 N–H and O–H groups in total. The van der Waals surface area contributed by atoms with Crippen molar-refractivity contribution in [2.24, 2.45) is 0 Å². The second-order valence-corrected chi connectivity index (χ2v) is 4.57. The lowest BCUT2D eigenvalue weighted by atomic mass is 10.1. The molecule has 0 bridgehead atoms. The minimum Gasteiger partial charge on any atom is -0.490 e. The van der Waals surface area contributed by atoms with Crippen LogP contribution >= 0.6 is 0 Å². The molecule has 0 saturated carbocycles. The van der Waals surface area contributed by atoms with Crippen LogP contribution in [0.15, 0.2) is 67.3 Å². The lowest BCUT2D eigenvalue weighted by Crippen LogP contribution is -2.08. The molecule has 0 aliphatic rings. The van der Waals surface area contributed by atoms with Gasteiger partial charge in [-0.25, -0.2) is 0 Å². The molecule has 0 saturated heterocycles. The van der Waals surface area contributed by atoms with Crippen LogP contribution in [0.1, 0.15) is 11.1 Å². The third-order valence-electron chi connectivity index (χ3n) is 2.88. The first kappa shape index (κ1) is 14.9. The summed E-state index contributed by atoms with van der Waals surface area (Å²) >= 11 is 0. The molecule has 0 atom stereocenters. The zero-order chi connectivity index (χ0) is 14.9. The molecule has 0 aliphatic heterocycles. The number of esters is 1. The summed E-state index contributed by atoms with van der Waals surface area (Å²) in [7, 11) is 0. The summed E-state index contributed by atoms with van der Waals surface area (Å²) in [5, 5.41) is 0. The predicted molar refractivity (Wildman–Crippen MR) is 82.1 cm³/mol. The molecule has 2 rings (SSSR count). The quantitative estimate of drug-likeness (QED) is 0.575. The molecule has 0 fully saturated rings. The van der Waals surface area contributed by atoms with Crippen molar-refractivity contribution >= 4 is 5.97 Å². The van der Waals surface area contributed by atoms with E-state index in [0.717, 1.165) is 16.9 Å². The Kier molecular flexibility index (Phi) is 5.59. The Labute approximate surface area is 124 Å². The molecular weight excluding hydrogens is 264 g/mol. The SMILES string of the molecule is C=CCOc1ccc(CC(=O)OCc2ccccc2)cc1. The van der Waals surface area contributed by atoms with Crippen molar-refractivity contribution in [2.75, 3.05) is 6.61 Å². The Hall–Kier alpha value is -2.55. The molecule has 2 aromatic carbocycles. The van der Waals surface area contributed by atoms with E-state index >= 15 is 0 Å². The number of ether oxygens (including phenoxy) is 2. The summed E-state index contributed by atoms with van der Waals surface area (Å²) in [6.07, 6.45) is 1.95. The number of hydrogen-bond acceptors (Lipinski definition) is 3. The fourth-order valence-electron chi connectivity index (χ4n) is 1.81. The maximum atomic E-state index is 11.8. The van der Waals surface area contributed by atoms with E-state index in [0.29, 0.717) is 13.2 Å². The summed E-state index contributed by atoms with van der Waals surface area (Å²) in [5.74, 6) is 0.523. The lowest BCUT2D eigenvalue weighted by molar-refractivity contribution is -0.144. The van der Waals surface area contributed by atoms with E-state index in [1.807, 2.05) is 54.6 Å².